The number of aryl methyl sites for hydroxylation is 1. The largest absolute Gasteiger partial charge is 0.490 e. The van der Waals surface area contributed by atoms with Crippen molar-refractivity contribution in [1.29, 1.82) is 0 Å². The quantitative estimate of drug-likeness (QED) is 0.703. The van der Waals surface area contributed by atoms with Crippen molar-refractivity contribution < 1.29 is 9.53 Å². The van der Waals surface area contributed by atoms with Crippen molar-refractivity contribution >= 4 is 16.7 Å². The molecule has 0 saturated carbocycles. The summed E-state index contributed by atoms with van der Waals surface area (Å²) in [6.07, 6.45) is 1.54. The molecular formula is C23H24N2O3. The first kappa shape index (κ1) is 18.3. The van der Waals surface area contributed by atoms with E-state index in [1.807, 2.05) is 60.4 Å². The Bertz CT molecular complexity index is 1080. The Balaban J connectivity index is 1.40. The second kappa shape index (κ2) is 7.50. The third kappa shape index (κ3) is 3.65. The Kier molecular flexibility index (Phi) is 4.90. The Morgan fingerprint density at radius 2 is 1.71 bits per heavy atom. The van der Waals surface area contributed by atoms with Crippen molar-refractivity contribution in [3.8, 4) is 5.75 Å². The Morgan fingerprint density at radius 3 is 2.43 bits per heavy atom. The van der Waals surface area contributed by atoms with E-state index < -0.39 is 0 Å². The molecule has 5 nitrogen and oxygen atoms in total. The maximum absolute atomic E-state index is 12.9. The molecule has 4 rings (SSSR count). The molecule has 0 bridgehead atoms. The van der Waals surface area contributed by atoms with Gasteiger partial charge >= 0.3 is 0 Å². The minimum absolute atomic E-state index is 0.0205. The van der Waals surface area contributed by atoms with E-state index in [0.717, 1.165) is 34.9 Å². The van der Waals surface area contributed by atoms with Crippen molar-refractivity contribution in [3.63, 3.8) is 0 Å². The number of pyridine rings is 1. The van der Waals surface area contributed by atoms with E-state index in [1.54, 1.807) is 11.6 Å². The number of piperidine rings is 1. The molecule has 1 amide bonds. The van der Waals surface area contributed by atoms with Crippen LogP contribution in [0.15, 0.2) is 59.4 Å². The van der Waals surface area contributed by atoms with Crippen LogP contribution in [0.25, 0.3) is 10.8 Å². The Morgan fingerprint density at radius 1 is 1.00 bits per heavy atom. The molecule has 2 heterocycles. The van der Waals surface area contributed by atoms with Crippen LogP contribution in [0.4, 0.5) is 0 Å². The normalized spacial score (nSPS) is 15.0. The number of carbonyl (C=O) groups excluding carboxylic acids is 1. The molecule has 3 aromatic rings. The van der Waals surface area contributed by atoms with E-state index in [9.17, 15) is 9.59 Å². The molecule has 0 spiro atoms. The van der Waals surface area contributed by atoms with Crippen molar-refractivity contribution in [2.75, 3.05) is 13.1 Å². The number of rotatable bonds is 3. The number of likely N-dealkylation sites (tertiary alicyclic amines) is 1. The third-order valence-electron chi connectivity index (χ3n) is 5.50. The molecule has 1 aliphatic rings. The van der Waals surface area contributed by atoms with Gasteiger partial charge in [0.25, 0.3) is 11.5 Å². The molecule has 1 fully saturated rings. The topological polar surface area (TPSA) is 51.5 Å². The lowest BCUT2D eigenvalue weighted by Gasteiger charge is -2.32. The van der Waals surface area contributed by atoms with Crippen molar-refractivity contribution in [2.45, 2.75) is 25.9 Å². The van der Waals surface area contributed by atoms with E-state index in [2.05, 4.69) is 0 Å². The van der Waals surface area contributed by atoms with Crippen LogP contribution in [0.3, 0.4) is 0 Å². The van der Waals surface area contributed by atoms with Gasteiger partial charge < -0.3 is 14.2 Å². The molecule has 1 aromatic heterocycles. The first-order chi connectivity index (χ1) is 13.5. The van der Waals surface area contributed by atoms with Crippen LogP contribution in [-0.2, 0) is 7.05 Å². The van der Waals surface area contributed by atoms with Crippen LogP contribution in [0.1, 0.15) is 28.9 Å². The molecule has 2 aromatic carbocycles. The van der Waals surface area contributed by atoms with E-state index in [0.29, 0.717) is 18.8 Å². The van der Waals surface area contributed by atoms with Gasteiger partial charge in [0.1, 0.15) is 11.9 Å². The molecule has 0 atom stereocenters. The molecular weight excluding hydrogens is 352 g/mol. The number of hydrogen-bond donors (Lipinski definition) is 0. The highest BCUT2D eigenvalue weighted by atomic mass is 16.5. The highest BCUT2D eigenvalue weighted by Crippen LogP contribution is 2.22. The highest BCUT2D eigenvalue weighted by Gasteiger charge is 2.25. The van der Waals surface area contributed by atoms with Gasteiger partial charge in [-0.15, -0.1) is 0 Å². The van der Waals surface area contributed by atoms with Crippen LogP contribution >= 0.6 is 0 Å². The number of nitrogens with zero attached hydrogens (tertiary/aromatic N) is 2. The zero-order chi connectivity index (χ0) is 19.7. The lowest BCUT2D eigenvalue weighted by atomic mass is 10.0. The van der Waals surface area contributed by atoms with Gasteiger partial charge in [-0.1, -0.05) is 30.3 Å². The standard InChI is InChI=1S/C23H24N2O3/c1-16-13-21(15-22(26)24(16)2)28-20-9-11-25(12-10-20)23(27)19-8-7-17-5-3-4-6-18(17)14-19/h3-8,13-15,20H,9-12H2,1-2H3. The number of hydrogen-bond acceptors (Lipinski definition) is 3. The van der Waals surface area contributed by atoms with Gasteiger partial charge in [-0.25, -0.2) is 0 Å². The van der Waals surface area contributed by atoms with Gasteiger partial charge in [-0.2, -0.15) is 0 Å². The number of ether oxygens (including phenoxy) is 1. The number of carbonyl (C=O) groups is 1. The summed E-state index contributed by atoms with van der Waals surface area (Å²) in [7, 11) is 1.75. The summed E-state index contributed by atoms with van der Waals surface area (Å²) in [6.45, 7) is 3.19. The average molecular weight is 376 g/mol. The van der Waals surface area contributed by atoms with Crippen molar-refractivity contribution in [1.82, 2.24) is 9.47 Å². The van der Waals surface area contributed by atoms with Crippen molar-refractivity contribution in [2.24, 2.45) is 7.05 Å². The SMILES string of the molecule is Cc1cc(OC2CCN(C(=O)c3ccc4ccccc4c3)CC2)cc(=O)n1C. The Hall–Kier alpha value is -3.08. The molecule has 0 unspecified atom stereocenters. The summed E-state index contributed by atoms with van der Waals surface area (Å²) in [5.41, 5.74) is 1.52. The fourth-order valence-electron chi connectivity index (χ4n) is 3.68. The van der Waals surface area contributed by atoms with E-state index >= 15 is 0 Å². The van der Waals surface area contributed by atoms with Crippen LogP contribution in [-0.4, -0.2) is 34.6 Å². The van der Waals surface area contributed by atoms with Gasteiger partial charge in [0.2, 0.25) is 0 Å². The van der Waals surface area contributed by atoms with Crippen LogP contribution in [0, 0.1) is 6.92 Å². The molecule has 1 saturated heterocycles. The van der Waals surface area contributed by atoms with E-state index in [1.165, 1.54) is 6.07 Å². The zero-order valence-corrected chi connectivity index (χ0v) is 16.2. The van der Waals surface area contributed by atoms with E-state index in [4.69, 9.17) is 4.74 Å². The van der Waals surface area contributed by atoms with Gasteiger partial charge in [0, 0.05) is 50.3 Å². The van der Waals surface area contributed by atoms with Crippen molar-refractivity contribution in [3.05, 3.63) is 76.2 Å². The molecule has 0 N–H and O–H groups in total. The third-order valence-corrected chi connectivity index (χ3v) is 5.50. The predicted octanol–water partition coefficient (Wildman–Crippen LogP) is 3.53. The fraction of sp³-hybridized carbons (Fsp3) is 0.304. The fourth-order valence-corrected chi connectivity index (χ4v) is 3.68. The molecule has 5 heteroatoms. The summed E-state index contributed by atoms with van der Waals surface area (Å²) in [6, 6.07) is 17.3. The van der Waals surface area contributed by atoms with Crippen LogP contribution < -0.4 is 10.3 Å². The second-order valence-corrected chi connectivity index (χ2v) is 7.40. The molecule has 0 radical (unpaired) electrons. The first-order valence-electron chi connectivity index (χ1n) is 9.64. The minimum Gasteiger partial charge on any atom is -0.490 e. The summed E-state index contributed by atoms with van der Waals surface area (Å²) < 4.78 is 7.61. The maximum atomic E-state index is 12.9. The predicted molar refractivity (Wildman–Crippen MR) is 110 cm³/mol. The molecule has 144 valence electrons. The second-order valence-electron chi connectivity index (χ2n) is 7.40. The van der Waals surface area contributed by atoms with Gasteiger partial charge in [-0.3, -0.25) is 9.59 Å². The number of benzene rings is 2. The summed E-state index contributed by atoms with van der Waals surface area (Å²) in [4.78, 5) is 26.7. The Labute approximate surface area is 164 Å². The lowest BCUT2D eigenvalue weighted by Crippen LogP contribution is -2.41. The van der Waals surface area contributed by atoms with E-state index in [-0.39, 0.29) is 17.6 Å². The summed E-state index contributed by atoms with van der Waals surface area (Å²) >= 11 is 0. The smallest absolute Gasteiger partial charge is 0.254 e. The lowest BCUT2D eigenvalue weighted by molar-refractivity contribution is 0.0595. The van der Waals surface area contributed by atoms with Gasteiger partial charge in [0.15, 0.2) is 0 Å². The molecule has 28 heavy (non-hydrogen) atoms. The summed E-state index contributed by atoms with van der Waals surface area (Å²) in [5.74, 6) is 0.675. The van der Waals surface area contributed by atoms with Crippen LogP contribution in [0.5, 0.6) is 5.75 Å². The summed E-state index contributed by atoms with van der Waals surface area (Å²) in [5, 5.41) is 2.21. The molecule has 1 aliphatic heterocycles. The minimum atomic E-state index is -0.0704. The highest BCUT2D eigenvalue weighted by molar-refractivity contribution is 5.98. The first-order valence-corrected chi connectivity index (χ1v) is 9.64. The number of fused-ring (bicyclic) bond motifs is 1. The van der Waals surface area contributed by atoms with Gasteiger partial charge in [0.05, 0.1) is 0 Å². The molecule has 0 aliphatic carbocycles. The number of amides is 1. The monoisotopic (exact) mass is 376 g/mol. The zero-order valence-electron chi connectivity index (χ0n) is 16.2. The number of aromatic nitrogens is 1. The average Bonchev–Trinajstić information content (AvgIpc) is 2.71. The maximum Gasteiger partial charge on any atom is 0.254 e. The van der Waals surface area contributed by atoms with Gasteiger partial charge in [-0.05, 0) is 35.9 Å². The van der Waals surface area contributed by atoms with Crippen LogP contribution in [0.2, 0.25) is 0 Å².